The molecule has 0 aliphatic heterocycles. The maximum absolute atomic E-state index is 9.87. The molecule has 0 aromatic rings. The van der Waals surface area contributed by atoms with Gasteiger partial charge in [-0.1, -0.05) is 13.3 Å². The molecule has 0 fully saturated rings. The molecule has 2 N–H and O–H groups in total. The molecule has 1 unspecified atom stereocenters. The van der Waals surface area contributed by atoms with E-state index in [0.717, 1.165) is 19.4 Å². The lowest BCUT2D eigenvalue weighted by molar-refractivity contribution is -0.00444. The molecule has 0 spiro atoms. The first kappa shape index (κ1) is 14.9. The van der Waals surface area contributed by atoms with Crippen LogP contribution in [0.1, 0.15) is 47.5 Å². The van der Waals surface area contributed by atoms with Gasteiger partial charge in [-0.25, -0.2) is 0 Å². The van der Waals surface area contributed by atoms with Crippen LogP contribution < -0.4 is 5.32 Å². The summed E-state index contributed by atoms with van der Waals surface area (Å²) in [4.78, 5) is 0. The lowest BCUT2D eigenvalue weighted by Crippen LogP contribution is -2.39. The Morgan fingerprint density at radius 3 is 2.27 bits per heavy atom. The molecule has 0 radical (unpaired) electrons. The van der Waals surface area contributed by atoms with E-state index in [1.54, 1.807) is 0 Å². The van der Waals surface area contributed by atoms with Crippen LogP contribution in [0.4, 0.5) is 0 Å². The summed E-state index contributed by atoms with van der Waals surface area (Å²) in [6.07, 6.45) is 1.84. The molecule has 0 aliphatic carbocycles. The van der Waals surface area contributed by atoms with Gasteiger partial charge in [-0.3, -0.25) is 0 Å². The normalized spacial score (nSPS) is 16.4. The second-order valence-electron chi connectivity index (χ2n) is 5.38. The second-order valence-corrected chi connectivity index (χ2v) is 5.38. The Balaban J connectivity index is 3.46. The van der Waals surface area contributed by atoms with Gasteiger partial charge in [0.15, 0.2) is 0 Å². The zero-order chi connectivity index (χ0) is 11.9. The third-order valence-corrected chi connectivity index (χ3v) is 2.11. The fraction of sp³-hybridized carbons (Fsp3) is 1.00. The van der Waals surface area contributed by atoms with Crippen LogP contribution in [0.5, 0.6) is 0 Å². The van der Waals surface area contributed by atoms with Gasteiger partial charge in [-0.05, 0) is 34.1 Å². The highest BCUT2D eigenvalue weighted by atomic mass is 16.5. The topological polar surface area (TPSA) is 41.5 Å². The summed E-state index contributed by atoms with van der Waals surface area (Å²) in [7, 11) is 0. The fourth-order valence-electron chi connectivity index (χ4n) is 1.41. The molecule has 0 aliphatic rings. The summed E-state index contributed by atoms with van der Waals surface area (Å²) < 4.78 is 5.56. The average molecular weight is 217 g/mol. The average Bonchev–Trinajstić information content (AvgIpc) is 2.00. The number of rotatable bonds is 7. The Morgan fingerprint density at radius 1 is 1.20 bits per heavy atom. The number of nitrogens with one attached hydrogen (secondary N) is 1. The maximum Gasteiger partial charge on any atom is 0.0743 e. The Morgan fingerprint density at radius 2 is 1.80 bits per heavy atom. The van der Waals surface area contributed by atoms with Crippen molar-refractivity contribution in [2.75, 3.05) is 19.7 Å². The first-order valence-corrected chi connectivity index (χ1v) is 5.84. The summed E-state index contributed by atoms with van der Waals surface area (Å²) in [6, 6.07) is 0. The Labute approximate surface area is 94.2 Å². The first-order chi connectivity index (χ1) is 6.77. The van der Waals surface area contributed by atoms with Crippen molar-refractivity contribution in [3.8, 4) is 0 Å². The standard InChI is InChI=1S/C12H27NO2/c1-6-7-12(5,14)10-13-8-9-15-11(2,3)4/h13-14H,6-10H2,1-5H3. The molecule has 0 rings (SSSR count). The fourth-order valence-corrected chi connectivity index (χ4v) is 1.41. The van der Waals surface area contributed by atoms with E-state index in [1.807, 2.05) is 27.7 Å². The molecule has 0 saturated heterocycles. The number of aliphatic hydroxyl groups is 1. The van der Waals surface area contributed by atoms with Gasteiger partial charge in [-0.2, -0.15) is 0 Å². The van der Waals surface area contributed by atoms with E-state index >= 15 is 0 Å². The number of hydrogen-bond donors (Lipinski definition) is 2. The van der Waals surface area contributed by atoms with Gasteiger partial charge >= 0.3 is 0 Å². The van der Waals surface area contributed by atoms with E-state index in [2.05, 4.69) is 12.2 Å². The first-order valence-electron chi connectivity index (χ1n) is 5.84. The summed E-state index contributed by atoms with van der Waals surface area (Å²) in [5.41, 5.74) is -0.663. The molecule has 0 heterocycles. The third kappa shape index (κ3) is 10.2. The molecule has 3 nitrogen and oxygen atoms in total. The Kier molecular flexibility index (Phi) is 6.41. The van der Waals surface area contributed by atoms with Crippen molar-refractivity contribution in [1.29, 1.82) is 0 Å². The summed E-state index contributed by atoms with van der Waals surface area (Å²) >= 11 is 0. The molecule has 15 heavy (non-hydrogen) atoms. The Bertz CT molecular complexity index is 161. The minimum atomic E-state index is -0.587. The SMILES string of the molecule is CCCC(C)(O)CNCCOC(C)(C)C. The highest BCUT2D eigenvalue weighted by molar-refractivity contribution is 4.74. The summed E-state index contributed by atoms with van der Waals surface area (Å²) in [6.45, 7) is 12.2. The van der Waals surface area contributed by atoms with E-state index < -0.39 is 5.60 Å². The molecule has 0 aromatic carbocycles. The monoisotopic (exact) mass is 217 g/mol. The maximum atomic E-state index is 9.87. The molecule has 0 aromatic heterocycles. The zero-order valence-electron chi connectivity index (χ0n) is 10.9. The van der Waals surface area contributed by atoms with Gasteiger partial charge in [0.25, 0.3) is 0 Å². The quantitative estimate of drug-likeness (QED) is 0.640. The van der Waals surface area contributed by atoms with Crippen molar-refractivity contribution in [3.05, 3.63) is 0 Å². The molecule has 1 atom stereocenters. The molecule has 3 heteroatoms. The molecular weight excluding hydrogens is 190 g/mol. The van der Waals surface area contributed by atoms with Gasteiger partial charge in [0.2, 0.25) is 0 Å². The van der Waals surface area contributed by atoms with Crippen LogP contribution in [0.2, 0.25) is 0 Å². The van der Waals surface area contributed by atoms with Crippen molar-refractivity contribution in [2.24, 2.45) is 0 Å². The van der Waals surface area contributed by atoms with Crippen LogP contribution in [0.3, 0.4) is 0 Å². The zero-order valence-corrected chi connectivity index (χ0v) is 10.9. The minimum Gasteiger partial charge on any atom is -0.389 e. The van der Waals surface area contributed by atoms with Gasteiger partial charge in [0.1, 0.15) is 0 Å². The van der Waals surface area contributed by atoms with E-state index in [1.165, 1.54) is 0 Å². The third-order valence-electron chi connectivity index (χ3n) is 2.11. The lowest BCUT2D eigenvalue weighted by Gasteiger charge is -2.24. The Hall–Kier alpha value is -0.120. The van der Waals surface area contributed by atoms with Crippen molar-refractivity contribution >= 4 is 0 Å². The largest absolute Gasteiger partial charge is 0.389 e. The summed E-state index contributed by atoms with van der Waals surface area (Å²) in [5.74, 6) is 0. The van der Waals surface area contributed by atoms with Gasteiger partial charge in [0.05, 0.1) is 17.8 Å². The van der Waals surface area contributed by atoms with Gasteiger partial charge < -0.3 is 15.2 Å². The van der Waals surface area contributed by atoms with Crippen LogP contribution >= 0.6 is 0 Å². The molecule has 0 saturated carbocycles. The van der Waals surface area contributed by atoms with E-state index in [9.17, 15) is 5.11 Å². The van der Waals surface area contributed by atoms with Crippen molar-refractivity contribution in [1.82, 2.24) is 5.32 Å². The van der Waals surface area contributed by atoms with Crippen molar-refractivity contribution in [3.63, 3.8) is 0 Å². The highest BCUT2D eigenvalue weighted by Gasteiger charge is 2.18. The second kappa shape index (κ2) is 6.46. The van der Waals surface area contributed by atoms with Crippen LogP contribution in [0.15, 0.2) is 0 Å². The van der Waals surface area contributed by atoms with Crippen LogP contribution in [0, 0.1) is 0 Å². The van der Waals surface area contributed by atoms with Gasteiger partial charge in [-0.15, -0.1) is 0 Å². The van der Waals surface area contributed by atoms with E-state index in [0.29, 0.717) is 13.2 Å². The van der Waals surface area contributed by atoms with Crippen molar-refractivity contribution < 1.29 is 9.84 Å². The van der Waals surface area contributed by atoms with Gasteiger partial charge in [0, 0.05) is 13.1 Å². The predicted molar refractivity (Wildman–Crippen MR) is 64.1 cm³/mol. The number of hydrogen-bond acceptors (Lipinski definition) is 3. The molecule has 0 amide bonds. The predicted octanol–water partition coefficient (Wildman–Crippen LogP) is 1.94. The van der Waals surface area contributed by atoms with Crippen molar-refractivity contribution in [2.45, 2.75) is 58.7 Å². The highest BCUT2D eigenvalue weighted by Crippen LogP contribution is 2.10. The van der Waals surface area contributed by atoms with Crippen LogP contribution in [-0.2, 0) is 4.74 Å². The van der Waals surface area contributed by atoms with Crippen LogP contribution in [-0.4, -0.2) is 36.0 Å². The molecule has 0 bridgehead atoms. The van der Waals surface area contributed by atoms with E-state index in [4.69, 9.17) is 4.74 Å². The summed E-state index contributed by atoms with van der Waals surface area (Å²) in [5, 5.41) is 13.1. The van der Waals surface area contributed by atoms with E-state index in [-0.39, 0.29) is 5.60 Å². The molecule has 92 valence electrons. The molecular formula is C12H27NO2. The van der Waals surface area contributed by atoms with Crippen LogP contribution in [0.25, 0.3) is 0 Å². The minimum absolute atomic E-state index is 0.0758. The smallest absolute Gasteiger partial charge is 0.0743 e. The lowest BCUT2D eigenvalue weighted by atomic mass is 10.0. The number of ether oxygens (including phenoxy) is 1.